The van der Waals surface area contributed by atoms with Gasteiger partial charge in [0.2, 0.25) is 0 Å². The molecule has 0 saturated heterocycles. The second kappa shape index (κ2) is 18.6. The van der Waals surface area contributed by atoms with E-state index in [1.165, 1.54) is 24.8 Å². The van der Waals surface area contributed by atoms with Crippen molar-refractivity contribution in [2.75, 3.05) is 20.1 Å². The summed E-state index contributed by atoms with van der Waals surface area (Å²) >= 11 is 0. The van der Waals surface area contributed by atoms with Crippen molar-refractivity contribution < 1.29 is 9.90 Å². The Bertz CT molecular complexity index is 667. The third-order valence-electron chi connectivity index (χ3n) is 4.42. The van der Waals surface area contributed by atoms with E-state index in [0.29, 0.717) is 11.6 Å². The first kappa shape index (κ1) is 27.6. The van der Waals surface area contributed by atoms with E-state index < -0.39 is 0 Å². The summed E-state index contributed by atoms with van der Waals surface area (Å²) in [7, 11) is 2.00. The number of carbonyl (C=O) groups is 1. The summed E-state index contributed by atoms with van der Waals surface area (Å²) in [5.74, 6) is -0.0956. The summed E-state index contributed by atoms with van der Waals surface area (Å²) in [6, 6.07) is 0.655. The molecule has 0 fully saturated rings. The largest absolute Gasteiger partial charge is 0.512 e. The van der Waals surface area contributed by atoms with E-state index in [1.54, 1.807) is 30.4 Å². The molecule has 3 N–H and O–H groups in total. The average molecular weight is 413 g/mol. The van der Waals surface area contributed by atoms with Gasteiger partial charge in [0.25, 0.3) is 0 Å². The lowest BCUT2D eigenvalue weighted by Crippen LogP contribution is -2.29. The number of nitrogens with one attached hydrogen (secondary N) is 2. The van der Waals surface area contributed by atoms with Crippen LogP contribution in [0.4, 0.5) is 0 Å². The molecule has 2 aliphatic carbocycles. The van der Waals surface area contributed by atoms with Crippen LogP contribution in [0, 0.1) is 5.92 Å². The predicted octanol–water partition coefficient (Wildman–Crippen LogP) is 5.36. The predicted molar refractivity (Wildman–Crippen MR) is 131 cm³/mol. The van der Waals surface area contributed by atoms with Crippen LogP contribution in [0.2, 0.25) is 0 Å². The maximum absolute atomic E-state index is 10.4. The molecule has 166 valence electrons. The maximum atomic E-state index is 10.4. The number of aliphatic hydroxyl groups is 1. The Balaban J connectivity index is 0.000000535. The number of hydrogen-bond acceptors (Lipinski definition) is 4. The van der Waals surface area contributed by atoms with E-state index >= 15 is 0 Å². The first-order valence-electron chi connectivity index (χ1n) is 10.9. The van der Waals surface area contributed by atoms with Crippen LogP contribution in [-0.2, 0) is 4.79 Å². The van der Waals surface area contributed by atoms with Crippen LogP contribution in [0.15, 0.2) is 84.2 Å². The quantitative estimate of drug-likeness (QED) is 0.206. The smallest absolute Gasteiger partial charge is 0.150 e. The van der Waals surface area contributed by atoms with E-state index in [2.05, 4.69) is 47.6 Å². The molecule has 4 heteroatoms. The second-order valence-corrected chi connectivity index (χ2v) is 6.76. The van der Waals surface area contributed by atoms with Gasteiger partial charge in [-0.05, 0) is 46.3 Å². The Morgan fingerprint density at radius 1 is 1.27 bits per heavy atom. The number of allylic oxidation sites excluding steroid dienone is 9. The van der Waals surface area contributed by atoms with E-state index in [9.17, 15) is 4.79 Å². The molecule has 2 atom stereocenters. The van der Waals surface area contributed by atoms with Gasteiger partial charge < -0.3 is 15.7 Å². The molecular formula is C26H40N2O2. The first-order valence-corrected chi connectivity index (χ1v) is 10.9. The van der Waals surface area contributed by atoms with Gasteiger partial charge in [-0.2, -0.15) is 0 Å². The molecule has 0 amide bonds. The van der Waals surface area contributed by atoms with Crippen molar-refractivity contribution in [3.8, 4) is 0 Å². The highest BCUT2D eigenvalue weighted by atomic mass is 16.3. The van der Waals surface area contributed by atoms with Gasteiger partial charge in [-0.1, -0.05) is 86.8 Å². The van der Waals surface area contributed by atoms with Crippen LogP contribution in [0.5, 0.6) is 0 Å². The minimum absolute atomic E-state index is 0.0862. The number of aliphatic hydroxyl groups excluding tert-OH is 1. The Morgan fingerprint density at radius 2 is 2.03 bits per heavy atom. The number of rotatable bonds is 9. The fraction of sp³-hybridized carbons (Fsp3) is 0.423. The molecule has 0 bridgehead atoms. The molecule has 0 aromatic heterocycles. The van der Waals surface area contributed by atoms with Crippen LogP contribution in [0.25, 0.3) is 0 Å². The number of aldehydes is 1. The number of hydrogen-bond donors (Lipinski definition) is 3. The average Bonchev–Trinajstić information content (AvgIpc) is 3.07. The molecule has 0 aliphatic heterocycles. The van der Waals surface area contributed by atoms with Gasteiger partial charge in [0.05, 0.1) is 11.7 Å². The van der Waals surface area contributed by atoms with Gasteiger partial charge in [0.1, 0.15) is 6.29 Å². The molecule has 0 radical (unpaired) electrons. The third kappa shape index (κ3) is 12.9. The van der Waals surface area contributed by atoms with Gasteiger partial charge in [0.15, 0.2) is 0 Å². The molecule has 2 unspecified atom stereocenters. The van der Waals surface area contributed by atoms with Crippen molar-refractivity contribution in [3.63, 3.8) is 0 Å². The van der Waals surface area contributed by atoms with Crippen molar-refractivity contribution in [3.05, 3.63) is 84.2 Å². The summed E-state index contributed by atoms with van der Waals surface area (Å²) in [6.45, 7) is 11.7. The fourth-order valence-corrected chi connectivity index (χ4v) is 2.82. The van der Waals surface area contributed by atoms with Gasteiger partial charge in [-0.3, -0.25) is 4.79 Å². The van der Waals surface area contributed by atoms with E-state index in [-0.39, 0.29) is 11.7 Å². The summed E-state index contributed by atoms with van der Waals surface area (Å²) < 4.78 is 0. The van der Waals surface area contributed by atoms with Crippen molar-refractivity contribution >= 4 is 6.29 Å². The fourth-order valence-electron chi connectivity index (χ4n) is 2.82. The van der Waals surface area contributed by atoms with E-state index in [0.717, 1.165) is 19.4 Å². The zero-order valence-corrected chi connectivity index (χ0v) is 19.1. The monoisotopic (exact) mass is 412 g/mol. The molecule has 0 aromatic rings. The first-order chi connectivity index (χ1) is 14.6. The summed E-state index contributed by atoms with van der Waals surface area (Å²) in [5.41, 5.74) is 2.05. The molecule has 0 aromatic carbocycles. The Hall–Kier alpha value is -2.43. The lowest BCUT2D eigenvalue weighted by molar-refractivity contribution is -0.104. The van der Waals surface area contributed by atoms with Gasteiger partial charge >= 0.3 is 0 Å². The number of carbonyl (C=O) groups excluding carboxylic acids is 1. The highest BCUT2D eigenvalue weighted by Gasteiger charge is 2.13. The Labute approximate surface area is 183 Å². The molecule has 0 spiro atoms. The SMILES string of the molecule is C/C=C\C=C/C1=CCC(NCCCNC)C1.C=C(O)C1C=CC=C(C=O)C=C1.CC. The highest BCUT2D eigenvalue weighted by molar-refractivity contribution is 5.78. The lowest BCUT2D eigenvalue weighted by Gasteiger charge is -2.11. The molecule has 30 heavy (non-hydrogen) atoms. The topological polar surface area (TPSA) is 61.4 Å². The van der Waals surface area contributed by atoms with Crippen LogP contribution in [-0.4, -0.2) is 37.6 Å². The van der Waals surface area contributed by atoms with Gasteiger partial charge in [0, 0.05) is 11.6 Å². The van der Waals surface area contributed by atoms with Crippen molar-refractivity contribution in [1.29, 1.82) is 0 Å². The normalized spacial score (nSPS) is 20.0. The molecular weight excluding hydrogens is 372 g/mol. The molecule has 2 rings (SSSR count). The van der Waals surface area contributed by atoms with Crippen LogP contribution in [0.1, 0.15) is 40.0 Å². The van der Waals surface area contributed by atoms with Crippen molar-refractivity contribution in [2.24, 2.45) is 5.92 Å². The van der Waals surface area contributed by atoms with Gasteiger partial charge in [-0.25, -0.2) is 0 Å². The zero-order valence-electron chi connectivity index (χ0n) is 19.1. The summed E-state index contributed by atoms with van der Waals surface area (Å²) in [5, 5.41) is 15.8. The van der Waals surface area contributed by atoms with E-state index in [4.69, 9.17) is 5.11 Å². The standard InChI is InChI=1S/C14H24N2.C10H10O2.C2H6/c1-3-4-5-7-13-8-9-14(12-13)16-11-6-10-15-2;1-8(12)10-4-2-3-9(7-11)5-6-10;1-2/h3-5,7-8,14-16H,6,9-12H2,1-2H3;2-7,10,12H,1H2;1-2H3/b4-3-,7-5-;;. The molecule has 2 aliphatic rings. The van der Waals surface area contributed by atoms with Gasteiger partial charge in [-0.15, -0.1) is 0 Å². The summed E-state index contributed by atoms with van der Waals surface area (Å²) in [6.07, 6.45) is 23.7. The lowest BCUT2D eigenvalue weighted by atomic mass is 10.1. The van der Waals surface area contributed by atoms with Crippen LogP contribution < -0.4 is 10.6 Å². The molecule has 0 saturated carbocycles. The third-order valence-corrected chi connectivity index (χ3v) is 4.42. The highest BCUT2D eigenvalue weighted by Crippen LogP contribution is 2.19. The minimum atomic E-state index is -0.182. The Morgan fingerprint density at radius 3 is 2.67 bits per heavy atom. The zero-order chi connectivity index (χ0) is 22.6. The van der Waals surface area contributed by atoms with Crippen molar-refractivity contribution in [2.45, 2.75) is 46.1 Å². The molecule has 0 heterocycles. The second-order valence-electron chi connectivity index (χ2n) is 6.76. The van der Waals surface area contributed by atoms with Crippen LogP contribution in [0.3, 0.4) is 0 Å². The maximum Gasteiger partial charge on any atom is 0.150 e. The van der Waals surface area contributed by atoms with E-state index in [1.807, 2.05) is 27.8 Å². The Kier molecular flexibility index (Phi) is 17.1. The summed E-state index contributed by atoms with van der Waals surface area (Å²) in [4.78, 5) is 10.4. The minimum Gasteiger partial charge on any atom is -0.512 e. The van der Waals surface area contributed by atoms with Crippen molar-refractivity contribution in [1.82, 2.24) is 10.6 Å². The molecule has 4 nitrogen and oxygen atoms in total. The van der Waals surface area contributed by atoms with Crippen LogP contribution >= 0.6 is 0 Å².